The predicted molar refractivity (Wildman–Crippen MR) is 76.3 cm³/mol. The van der Waals surface area contributed by atoms with Gasteiger partial charge in [-0.15, -0.1) is 0 Å². The first-order chi connectivity index (χ1) is 8.47. The summed E-state index contributed by atoms with van der Waals surface area (Å²) < 4.78 is 14.0. The van der Waals surface area contributed by atoms with Gasteiger partial charge in [0.25, 0.3) is 0 Å². The third kappa shape index (κ3) is 2.91. The van der Waals surface area contributed by atoms with Crippen molar-refractivity contribution in [2.75, 3.05) is 0 Å². The minimum Gasteiger partial charge on any atom is -0.320 e. The molecule has 2 N–H and O–H groups in total. The molecule has 0 fully saturated rings. The zero-order valence-corrected chi connectivity index (χ0v) is 12.1. The summed E-state index contributed by atoms with van der Waals surface area (Å²) in [5.74, 6) is -0.312. The highest BCUT2D eigenvalue weighted by Crippen LogP contribution is 2.26. The van der Waals surface area contributed by atoms with E-state index in [4.69, 9.17) is 17.3 Å². The van der Waals surface area contributed by atoms with E-state index in [9.17, 15) is 4.39 Å². The molecule has 94 valence electrons. The molecule has 0 aromatic heterocycles. The van der Waals surface area contributed by atoms with Gasteiger partial charge in [0.05, 0.1) is 6.04 Å². The molecule has 0 spiro atoms. The summed E-state index contributed by atoms with van der Waals surface area (Å²) in [6.07, 6.45) is 0. The lowest BCUT2D eigenvalue weighted by Gasteiger charge is -2.14. The zero-order chi connectivity index (χ0) is 13.3. The van der Waals surface area contributed by atoms with Crippen LogP contribution < -0.4 is 5.73 Å². The van der Waals surface area contributed by atoms with Crippen molar-refractivity contribution >= 4 is 27.5 Å². The lowest BCUT2D eigenvalue weighted by atomic mass is 9.99. The maximum Gasteiger partial charge on any atom is 0.124 e. The van der Waals surface area contributed by atoms with Crippen molar-refractivity contribution in [1.82, 2.24) is 0 Å². The van der Waals surface area contributed by atoms with Crippen molar-refractivity contribution in [2.45, 2.75) is 13.0 Å². The van der Waals surface area contributed by atoms with Gasteiger partial charge in [0.1, 0.15) is 5.82 Å². The normalized spacial score (nSPS) is 12.5. The second kappa shape index (κ2) is 5.39. The predicted octanol–water partition coefficient (Wildman–Crippen LogP) is 4.60. The average Bonchev–Trinajstić information content (AvgIpc) is 2.30. The zero-order valence-electron chi connectivity index (χ0n) is 9.75. The lowest BCUT2D eigenvalue weighted by Crippen LogP contribution is -2.12. The minimum absolute atomic E-state index is 0.312. The first-order valence-electron chi connectivity index (χ1n) is 5.45. The van der Waals surface area contributed by atoms with Crippen molar-refractivity contribution in [3.8, 4) is 0 Å². The van der Waals surface area contributed by atoms with Crippen LogP contribution in [-0.4, -0.2) is 0 Å². The smallest absolute Gasteiger partial charge is 0.124 e. The Hall–Kier alpha value is -0.900. The average molecular weight is 329 g/mol. The molecule has 0 bridgehead atoms. The largest absolute Gasteiger partial charge is 0.320 e. The highest BCUT2D eigenvalue weighted by molar-refractivity contribution is 9.10. The molecule has 0 saturated carbocycles. The van der Waals surface area contributed by atoms with E-state index < -0.39 is 6.04 Å². The molecular formula is C14H12BrClFN. The van der Waals surface area contributed by atoms with Gasteiger partial charge in [-0.05, 0) is 47.9 Å². The number of hydrogen-bond acceptors (Lipinski definition) is 1. The van der Waals surface area contributed by atoms with Crippen LogP contribution in [0.25, 0.3) is 0 Å². The van der Waals surface area contributed by atoms with Crippen LogP contribution in [0.3, 0.4) is 0 Å². The fraction of sp³-hybridized carbons (Fsp3) is 0.143. The Kier molecular flexibility index (Phi) is 4.05. The molecular weight excluding hydrogens is 317 g/mol. The van der Waals surface area contributed by atoms with Crippen LogP contribution in [0.4, 0.5) is 4.39 Å². The summed E-state index contributed by atoms with van der Waals surface area (Å²) in [4.78, 5) is 0. The van der Waals surface area contributed by atoms with Gasteiger partial charge in [-0.1, -0.05) is 39.7 Å². The van der Waals surface area contributed by atoms with Crippen LogP contribution in [0.2, 0.25) is 5.02 Å². The Morgan fingerprint density at radius 3 is 2.50 bits per heavy atom. The van der Waals surface area contributed by atoms with Gasteiger partial charge in [-0.3, -0.25) is 0 Å². The molecule has 1 nitrogen and oxygen atoms in total. The van der Waals surface area contributed by atoms with E-state index >= 15 is 0 Å². The Balaban J connectivity index is 2.40. The first-order valence-corrected chi connectivity index (χ1v) is 6.62. The number of nitrogens with two attached hydrogens (primary N) is 1. The van der Waals surface area contributed by atoms with Crippen LogP contribution >= 0.6 is 27.5 Å². The molecule has 18 heavy (non-hydrogen) atoms. The minimum atomic E-state index is -0.393. The van der Waals surface area contributed by atoms with E-state index in [1.807, 2.05) is 31.2 Å². The third-order valence-corrected chi connectivity index (χ3v) is 3.66. The molecule has 0 aliphatic heterocycles. The SMILES string of the molecule is Cc1ccc(C(N)c2cc(F)cc(Br)c2)cc1Cl. The number of halogens is 3. The van der Waals surface area contributed by atoms with Gasteiger partial charge < -0.3 is 5.73 Å². The van der Waals surface area contributed by atoms with Gasteiger partial charge in [0.15, 0.2) is 0 Å². The second-order valence-electron chi connectivity index (χ2n) is 4.19. The Morgan fingerprint density at radius 2 is 1.89 bits per heavy atom. The maximum atomic E-state index is 13.3. The Labute approximate surface area is 119 Å². The molecule has 1 unspecified atom stereocenters. The molecule has 0 aliphatic rings. The molecule has 2 rings (SSSR count). The van der Waals surface area contributed by atoms with Crippen LogP contribution in [-0.2, 0) is 0 Å². The number of rotatable bonds is 2. The van der Waals surface area contributed by atoms with Crippen molar-refractivity contribution in [3.63, 3.8) is 0 Å². The highest BCUT2D eigenvalue weighted by Gasteiger charge is 2.12. The number of hydrogen-bond donors (Lipinski definition) is 1. The van der Waals surface area contributed by atoms with Crippen molar-refractivity contribution < 1.29 is 4.39 Å². The van der Waals surface area contributed by atoms with Crippen LogP contribution in [0, 0.1) is 12.7 Å². The fourth-order valence-electron chi connectivity index (χ4n) is 1.75. The summed E-state index contributed by atoms with van der Waals surface area (Å²) in [5.41, 5.74) is 8.69. The van der Waals surface area contributed by atoms with Crippen LogP contribution in [0.5, 0.6) is 0 Å². The van der Waals surface area contributed by atoms with Crippen LogP contribution in [0.1, 0.15) is 22.7 Å². The topological polar surface area (TPSA) is 26.0 Å². The number of benzene rings is 2. The van der Waals surface area contributed by atoms with Gasteiger partial charge in [0, 0.05) is 9.50 Å². The maximum absolute atomic E-state index is 13.3. The molecule has 0 saturated heterocycles. The van der Waals surface area contributed by atoms with Gasteiger partial charge in [-0.25, -0.2) is 4.39 Å². The lowest BCUT2D eigenvalue weighted by molar-refractivity contribution is 0.622. The summed E-state index contributed by atoms with van der Waals surface area (Å²) in [6, 6.07) is 9.88. The Bertz CT molecular complexity index is 566. The number of aryl methyl sites for hydroxylation is 1. The molecule has 0 aliphatic carbocycles. The fourth-order valence-corrected chi connectivity index (χ4v) is 2.42. The van der Waals surface area contributed by atoms with Gasteiger partial charge in [0.2, 0.25) is 0 Å². The van der Waals surface area contributed by atoms with E-state index in [2.05, 4.69) is 15.9 Å². The Morgan fingerprint density at radius 1 is 1.17 bits per heavy atom. The first kappa shape index (κ1) is 13.5. The molecule has 1 atom stereocenters. The van der Waals surface area contributed by atoms with Crippen molar-refractivity contribution in [2.24, 2.45) is 5.73 Å². The molecule has 4 heteroatoms. The van der Waals surface area contributed by atoms with Crippen molar-refractivity contribution in [1.29, 1.82) is 0 Å². The molecule has 2 aromatic carbocycles. The molecule has 0 heterocycles. The monoisotopic (exact) mass is 327 g/mol. The van der Waals surface area contributed by atoms with Crippen molar-refractivity contribution in [3.05, 3.63) is 68.4 Å². The highest BCUT2D eigenvalue weighted by atomic mass is 79.9. The van der Waals surface area contributed by atoms with Crippen LogP contribution in [0.15, 0.2) is 40.9 Å². The summed E-state index contributed by atoms with van der Waals surface area (Å²) >= 11 is 9.33. The molecule has 0 radical (unpaired) electrons. The van der Waals surface area contributed by atoms with E-state index in [1.54, 1.807) is 0 Å². The summed E-state index contributed by atoms with van der Waals surface area (Å²) in [6.45, 7) is 1.93. The molecule has 0 amide bonds. The summed E-state index contributed by atoms with van der Waals surface area (Å²) in [5, 5.41) is 0.665. The van der Waals surface area contributed by atoms with E-state index in [-0.39, 0.29) is 5.82 Å². The van der Waals surface area contributed by atoms with E-state index in [0.717, 1.165) is 11.1 Å². The van der Waals surface area contributed by atoms with E-state index in [1.165, 1.54) is 12.1 Å². The summed E-state index contributed by atoms with van der Waals surface area (Å²) in [7, 11) is 0. The quantitative estimate of drug-likeness (QED) is 0.856. The standard InChI is InChI=1S/C14H12BrClFN/c1-8-2-3-9(6-13(8)16)14(18)10-4-11(15)7-12(17)5-10/h2-7,14H,18H2,1H3. The molecule has 2 aromatic rings. The van der Waals surface area contributed by atoms with E-state index in [0.29, 0.717) is 15.1 Å². The second-order valence-corrected chi connectivity index (χ2v) is 5.51. The van der Waals surface area contributed by atoms with Gasteiger partial charge in [-0.2, -0.15) is 0 Å². The van der Waals surface area contributed by atoms with Gasteiger partial charge >= 0.3 is 0 Å². The third-order valence-electron chi connectivity index (χ3n) is 2.80.